The number of methoxy groups -OCH3 is 2. The SMILES string of the molecule is C=C(F)/C=C(\CC)NC(=O)CC1(C(=O)OCc2ccc(OC)cc2OC)CC1. The van der Waals surface area contributed by atoms with Crippen molar-refractivity contribution in [3.8, 4) is 11.5 Å². The number of esters is 1. The summed E-state index contributed by atoms with van der Waals surface area (Å²) < 4.78 is 28.8. The second kappa shape index (κ2) is 9.39. The molecule has 2 rings (SSSR count). The van der Waals surface area contributed by atoms with E-state index in [0.717, 1.165) is 0 Å². The predicted molar refractivity (Wildman–Crippen MR) is 102 cm³/mol. The van der Waals surface area contributed by atoms with Crippen molar-refractivity contribution >= 4 is 11.9 Å². The van der Waals surface area contributed by atoms with Crippen molar-refractivity contribution in [2.75, 3.05) is 14.2 Å². The Labute approximate surface area is 164 Å². The number of halogens is 1. The molecule has 1 N–H and O–H groups in total. The molecule has 0 radical (unpaired) electrons. The Morgan fingerprint density at radius 2 is 2.00 bits per heavy atom. The number of rotatable bonds is 10. The molecule has 7 heteroatoms. The van der Waals surface area contributed by atoms with Gasteiger partial charge in [0.25, 0.3) is 0 Å². The van der Waals surface area contributed by atoms with Crippen LogP contribution in [0.4, 0.5) is 4.39 Å². The van der Waals surface area contributed by atoms with Crippen LogP contribution in [0.1, 0.15) is 38.2 Å². The Morgan fingerprint density at radius 3 is 2.54 bits per heavy atom. The molecule has 0 saturated heterocycles. The number of carbonyl (C=O) groups is 2. The van der Waals surface area contributed by atoms with E-state index in [0.29, 0.717) is 42.0 Å². The normalized spacial score (nSPS) is 14.8. The van der Waals surface area contributed by atoms with Gasteiger partial charge in [0.2, 0.25) is 5.91 Å². The molecule has 1 fully saturated rings. The largest absolute Gasteiger partial charge is 0.497 e. The summed E-state index contributed by atoms with van der Waals surface area (Å²) in [5.74, 6) is -0.202. The molecule has 0 heterocycles. The lowest BCUT2D eigenvalue weighted by molar-refractivity contribution is -0.153. The van der Waals surface area contributed by atoms with Crippen molar-refractivity contribution in [3.63, 3.8) is 0 Å². The topological polar surface area (TPSA) is 73.9 Å². The van der Waals surface area contributed by atoms with Crippen molar-refractivity contribution in [1.82, 2.24) is 5.32 Å². The summed E-state index contributed by atoms with van der Waals surface area (Å²) in [5, 5.41) is 2.63. The number of hydrogen-bond acceptors (Lipinski definition) is 5. The van der Waals surface area contributed by atoms with E-state index in [-0.39, 0.29) is 18.9 Å². The van der Waals surface area contributed by atoms with Gasteiger partial charge in [0.1, 0.15) is 23.9 Å². The molecule has 1 saturated carbocycles. The monoisotopic (exact) mass is 391 g/mol. The number of nitrogens with one attached hydrogen (secondary N) is 1. The van der Waals surface area contributed by atoms with E-state index < -0.39 is 17.2 Å². The van der Waals surface area contributed by atoms with Crippen LogP contribution in [-0.4, -0.2) is 26.1 Å². The van der Waals surface area contributed by atoms with Crippen LogP contribution in [0.2, 0.25) is 0 Å². The first kappa shape index (κ1) is 21.5. The molecule has 1 aromatic rings. The van der Waals surface area contributed by atoms with Crippen molar-refractivity contribution in [3.05, 3.63) is 47.9 Å². The standard InChI is InChI=1S/C21H26FNO5/c1-5-16(10-14(2)22)23-19(24)12-21(8-9-21)20(25)28-13-15-6-7-17(26-3)11-18(15)27-4/h6-7,10-11H,2,5,8-9,12-13H2,1,3-4H3,(H,23,24)/b16-10+. The van der Waals surface area contributed by atoms with Crippen molar-refractivity contribution in [2.24, 2.45) is 5.41 Å². The zero-order valence-electron chi connectivity index (χ0n) is 16.5. The lowest BCUT2D eigenvalue weighted by Crippen LogP contribution is -2.29. The minimum absolute atomic E-state index is 0.00167. The molecule has 6 nitrogen and oxygen atoms in total. The third kappa shape index (κ3) is 5.58. The molecule has 0 bridgehead atoms. The highest BCUT2D eigenvalue weighted by Crippen LogP contribution is 2.50. The van der Waals surface area contributed by atoms with Crippen LogP contribution in [0.25, 0.3) is 0 Å². The molecular weight excluding hydrogens is 365 g/mol. The van der Waals surface area contributed by atoms with E-state index >= 15 is 0 Å². The molecule has 1 aromatic carbocycles. The fraction of sp³-hybridized carbons (Fsp3) is 0.429. The van der Waals surface area contributed by atoms with Crippen LogP contribution >= 0.6 is 0 Å². The average Bonchev–Trinajstić information content (AvgIpc) is 3.45. The van der Waals surface area contributed by atoms with E-state index in [9.17, 15) is 14.0 Å². The smallest absolute Gasteiger partial charge is 0.312 e. The molecule has 28 heavy (non-hydrogen) atoms. The minimum Gasteiger partial charge on any atom is -0.497 e. The highest BCUT2D eigenvalue weighted by Gasteiger charge is 2.52. The minimum atomic E-state index is -0.810. The predicted octanol–water partition coefficient (Wildman–Crippen LogP) is 3.81. The van der Waals surface area contributed by atoms with E-state index in [2.05, 4.69) is 11.9 Å². The quantitative estimate of drug-likeness (QED) is 0.485. The summed E-state index contributed by atoms with van der Waals surface area (Å²) >= 11 is 0. The molecule has 152 valence electrons. The molecule has 0 atom stereocenters. The number of hydrogen-bond donors (Lipinski definition) is 1. The number of benzene rings is 1. The van der Waals surface area contributed by atoms with Gasteiger partial charge in [-0.05, 0) is 37.5 Å². The number of carbonyl (C=O) groups excluding carboxylic acids is 2. The third-order valence-electron chi connectivity index (χ3n) is 4.65. The summed E-state index contributed by atoms with van der Waals surface area (Å²) in [6.07, 6.45) is 2.79. The van der Waals surface area contributed by atoms with Gasteiger partial charge in [-0.1, -0.05) is 13.5 Å². The Kier molecular flexibility index (Phi) is 7.20. The Balaban J connectivity index is 1.95. The second-order valence-electron chi connectivity index (χ2n) is 6.73. The van der Waals surface area contributed by atoms with Crippen LogP contribution in [0.3, 0.4) is 0 Å². The zero-order chi connectivity index (χ0) is 20.7. The first-order chi connectivity index (χ1) is 13.3. The Bertz CT molecular complexity index is 783. The molecule has 0 unspecified atom stereocenters. The van der Waals surface area contributed by atoms with Crippen LogP contribution < -0.4 is 14.8 Å². The van der Waals surface area contributed by atoms with Gasteiger partial charge < -0.3 is 19.5 Å². The fourth-order valence-electron chi connectivity index (χ4n) is 2.82. The van der Waals surface area contributed by atoms with Gasteiger partial charge in [-0.2, -0.15) is 0 Å². The fourth-order valence-corrected chi connectivity index (χ4v) is 2.82. The molecular formula is C21H26FNO5. The molecule has 1 aliphatic rings. The highest BCUT2D eigenvalue weighted by atomic mass is 19.1. The molecule has 1 aliphatic carbocycles. The molecule has 0 aliphatic heterocycles. The van der Waals surface area contributed by atoms with E-state index in [1.807, 2.05) is 0 Å². The van der Waals surface area contributed by atoms with Crippen molar-refractivity contribution < 1.29 is 28.2 Å². The van der Waals surface area contributed by atoms with Gasteiger partial charge >= 0.3 is 5.97 Å². The summed E-state index contributed by atoms with van der Waals surface area (Å²) in [7, 11) is 3.08. The molecule has 0 aromatic heterocycles. The lowest BCUT2D eigenvalue weighted by atomic mass is 10.0. The molecule has 0 spiro atoms. The third-order valence-corrected chi connectivity index (χ3v) is 4.65. The molecule has 1 amide bonds. The second-order valence-corrected chi connectivity index (χ2v) is 6.73. The van der Waals surface area contributed by atoms with Crippen LogP contribution in [0.5, 0.6) is 11.5 Å². The van der Waals surface area contributed by atoms with Gasteiger partial charge in [0.05, 0.1) is 19.6 Å². The Hall–Kier alpha value is -2.83. The summed E-state index contributed by atoms with van der Waals surface area (Å²) in [5.41, 5.74) is 0.314. The van der Waals surface area contributed by atoms with Crippen molar-refractivity contribution in [2.45, 2.75) is 39.2 Å². The number of allylic oxidation sites excluding steroid dienone is 3. The first-order valence-corrected chi connectivity index (χ1v) is 9.06. The zero-order valence-corrected chi connectivity index (χ0v) is 16.5. The summed E-state index contributed by atoms with van der Waals surface area (Å²) in [6.45, 7) is 4.99. The lowest BCUT2D eigenvalue weighted by Gasteiger charge is -2.16. The van der Waals surface area contributed by atoms with Crippen molar-refractivity contribution in [1.29, 1.82) is 0 Å². The van der Waals surface area contributed by atoms with E-state index in [1.165, 1.54) is 13.2 Å². The highest BCUT2D eigenvalue weighted by molar-refractivity contribution is 5.88. The van der Waals surface area contributed by atoms with E-state index in [1.54, 1.807) is 32.2 Å². The van der Waals surface area contributed by atoms with Gasteiger partial charge in [0.15, 0.2) is 0 Å². The van der Waals surface area contributed by atoms with Gasteiger partial charge in [0, 0.05) is 23.7 Å². The number of ether oxygens (including phenoxy) is 3. The number of amides is 1. The van der Waals surface area contributed by atoms with Crippen LogP contribution in [-0.2, 0) is 20.9 Å². The maximum Gasteiger partial charge on any atom is 0.312 e. The maximum atomic E-state index is 12.9. The Morgan fingerprint density at radius 1 is 1.29 bits per heavy atom. The first-order valence-electron chi connectivity index (χ1n) is 9.06. The van der Waals surface area contributed by atoms with Gasteiger partial charge in [-0.25, -0.2) is 4.39 Å². The van der Waals surface area contributed by atoms with Crippen LogP contribution in [0, 0.1) is 5.41 Å². The van der Waals surface area contributed by atoms with Crippen LogP contribution in [0.15, 0.2) is 42.4 Å². The average molecular weight is 391 g/mol. The van der Waals surface area contributed by atoms with E-state index in [4.69, 9.17) is 14.2 Å². The van der Waals surface area contributed by atoms with Gasteiger partial charge in [-0.15, -0.1) is 0 Å². The maximum absolute atomic E-state index is 12.9. The van der Waals surface area contributed by atoms with Gasteiger partial charge in [-0.3, -0.25) is 9.59 Å². The summed E-state index contributed by atoms with van der Waals surface area (Å²) in [6, 6.07) is 5.23. The summed E-state index contributed by atoms with van der Waals surface area (Å²) in [4.78, 5) is 24.8.